The number of carbonyl (C=O) groups excluding carboxylic acids is 1. The maximum absolute atomic E-state index is 10.5. The summed E-state index contributed by atoms with van der Waals surface area (Å²) in [5.41, 5.74) is 1.96. The van der Waals surface area contributed by atoms with Crippen LogP contribution in [0, 0.1) is 0 Å². The van der Waals surface area contributed by atoms with E-state index in [9.17, 15) is 4.79 Å². The van der Waals surface area contributed by atoms with Crippen molar-refractivity contribution in [2.75, 3.05) is 38.1 Å². The molecule has 0 saturated carbocycles. The third kappa shape index (κ3) is 17.0. The Labute approximate surface area is 163 Å². The van der Waals surface area contributed by atoms with Crippen LogP contribution in [-0.4, -0.2) is 77.3 Å². The summed E-state index contributed by atoms with van der Waals surface area (Å²) >= 11 is 0. The average Bonchev–Trinajstić information content (AvgIpc) is 2.39. The molecule has 0 aromatic heterocycles. The summed E-state index contributed by atoms with van der Waals surface area (Å²) in [6.07, 6.45) is 0.883. The summed E-state index contributed by atoms with van der Waals surface area (Å²) in [7, 11) is 15.6. The zero-order valence-electron chi connectivity index (χ0n) is 13.5. The molecule has 0 bridgehead atoms. The number of hydrogen-bond donors (Lipinski definition) is 0. The molecule has 1 aliphatic heterocycles. The summed E-state index contributed by atoms with van der Waals surface area (Å²) in [4.78, 5) is 15.2. The molecule has 0 radical (unpaired) electrons. The Morgan fingerprint density at radius 1 is 0.840 bits per heavy atom. The van der Waals surface area contributed by atoms with Gasteiger partial charge in [0.15, 0.2) is 0 Å². The molecule has 1 aromatic rings. The van der Waals surface area contributed by atoms with Crippen molar-refractivity contribution in [3.63, 3.8) is 0 Å². The molecule has 1 saturated heterocycles. The van der Waals surface area contributed by atoms with Gasteiger partial charge < -0.3 is 42.7 Å². The first-order valence-electron chi connectivity index (χ1n) is 5.66. The third-order valence-corrected chi connectivity index (χ3v) is 2.90. The van der Waals surface area contributed by atoms with Gasteiger partial charge in [0.25, 0.3) is 0 Å². The van der Waals surface area contributed by atoms with Crippen molar-refractivity contribution in [3.8, 4) is 0 Å². The number of aldehydes is 1. The third-order valence-electron chi connectivity index (χ3n) is 2.90. The second-order valence-corrected chi connectivity index (χ2v) is 9.30. The SMILES string of the molecule is CN1CCN(c2ccc(C=O)cc2)CC1.O.O.O.O.O.O.[Cl][Co]([Cl])[Cl]. The monoisotopic (exact) mass is 476 g/mol. The van der Waals surface area contributed by atoms with Crippen LogP contribution in [0.5, 0.6) is 0 Å². The van der Waals surface area contributed by atoms with Gasteiger partial charge in [-0.3, -0.25) is 4.79 Å². The maximum atomic E-state index is 10.5. The number of carbonyl (C=O) groups is 1. The van der Waals surface area contributed by atoms with Crippen molar-refractivity contribution < 1.29 is 48.6 Å². The van der Waals surface area contributed by atoms with E-state index in [4.69, 9.17) is 30.4 Å². The van der Waals surface area contributed by atoms with Gasteiger partial charge >= 0.3 is 41.4 Å². The second-order valence-electron chi connectivity index (χ2n) is 4.14. The molecule has 9 nitrogen and oxygen atoms in total. The Bertz CT molecular complexity index is 394. The van der Waals surface area contributed by atoms with E-state index in [2.05, 4.69) is 16.8 Å². The van der Waals surface area contributed by atoms with Crippen LogP contribution in [0.1, 0.15) is 10.4 Å². The summed E-state index contributed by atoms with van der Waals surface area (Å²) in [5, 5.41) is 0. The van der Waals surface area contributed by atoms with Crippen molar-refractivity contribution in [2.45, 2.75) is 0 Å². The average molecular weight is 478 g/mol. The van der Waals surface area contributed by atoms with Crippen molar-refractivity contribution in [2.24, 2.45) is 0 Å². The Hall–Kier alpha value is -0.214. The number of halogens is 3. The zero-order valence-corrected chi connectivity index (χ0v) is 16.8. The van der Waals surface area contributed by atoms with Gasteiger partial charge in [0.05, 0.1) is 0 Å². The van der Waals surface area contributed by atoms with Crippen molar-refractivity contribution >= 4 is 42.4 Å². The minimum absolute atomic E-state index is 0. The number of hydrogen-bond acceptors (Lipinski definition) is 3. The van der Waals surface area contributed by atoms with E-state index in [0.29, 0.717) is 0 Å². The molecule has 158 valence electrons. The number of likely N-dealkylation sites (N-methyl/N-ethyl adjacent to an activating group) is 1. The molecule has 0 amide bonds. The molecule has 1 aromatic carbocycles. The summed E-state index contributed by atoms with van der Waals surface area (Å²) in [6, 6.07) is 7.80. The molecular weight excluding hydrogens is 449 g/mol. The van der Waals surface area contributed by atoms with E-state index in [1.165, 1.54) is 5.69 Å². The molecule has 0 atom stereocenters. The Morgan fingerprint density at radius 3 is 1.52 bits per heavy atom. The van der Waals surface area contributed by atoms with E-state index < -0.39 is 10.9 Å². The van der Waals surface area contributed by atoms with E-state index in [1.54, 1.807) is 0 Å². The van der Waals surface area contributed by atoms with Gasteiger partial charge in [-0.15, -0.1) is 0 Å². The van der Waals surface area contributed by atoms with Crippen LogP contribution < -0.4 is 4.90 Å². The summed E-state index contributed by atoms with van der Waals surface area (Å²) < 4.78 is 0. The van der Waals surface area contributed by atoms with Gasteiger partial charge in [-0.05, 0) is 31.3 Å². The summed E-state index contributed by atoms with van der Waals surface area (Å²) in [6.45, 7) is 4.35. The predicted octanol–water partition coefficient (Wildman–Crippen LogP) is -1.63. The fourth-order valence-electron chi connectivity index (χ4n) is 1.83. The molecular formula is C12H28Cl3CoN2O7. The summed E-state index contributed by atoms with van der Waals surface area (Å²) in [5.74, 6) is 0. The van der Waals surface area contributed by atoms with E-state index in [1.807, 2.05) is 24.3 Å². The van der Waals surface area contributed by atoms with E-state index >= 15 is 0 Å². The first-order valence-corrected chi connectivity index (χ1v) is 9.96. The normalized spacial score (nSPS) is 12.5. The first kappa shape index (κ1) is 39.7. The molecule has 0 unspecified atom stereocenters. The van der Waals surface area contributed by atoms with Gasteiger partial charge in [0.2, 0.25) is 0 Å². The number of anilines is 1. The van der Waals surface area contributed by atoms with Gasteiger partial charge in [-0.25, -0.2) is 0 Å². The molecule has 0 aliphatic carbocycles. The molecule has 2 rings (SSSR count). The fourth-order valence-corrected chi connectivity index (χ4v) is 1.83. The molecule has 13 heteroatoms. The molecule has 1 fully saturated rings. The van der Waals surface area contributed by atoms with Crippen molar-refractivity contribution in [1.82, 2.24) is 4.90 Å². The molecule has 1 heterocycles. The van der Waals surface area contributed by atoms with Crippen LogP contribution in [-0.2, 0) is 10.9 Å². The molecule has 25 heavy (non-hydrogen) atoms. The van der Waals surface area contributed by atoms with Crippen LogP contribution in [0.4, 0.5) is 5.69 Å². The van der Waals surface area contributed by atoms with E-state index in [-0.39, 0.29) is 32.9 Å². The van der Waals surface area contributed by atoms with Crippen LogP contribution in [0.2, 0.25) is 0 Å². The van der Waals surface area contributed by atoms with Gasteiger partial charge in [-0.1, -0.05) is 0 Å². The quantitative estimate of drug-likeness (QED) is 0.459. The van der Waals surface area contributed by atoms with Crippen LogP contribution in [0.3, 0.4) is 0 Å². The number of rotatable bonds is 2. The van der Waals surface area contributed by atoms with Crippen LogP contribution in [0.25, 0.3) is 0 Å². The Morgan fingerprint density at radius 2 is 1.20 bits per heavy atom. The number of piperazine rings is 1. The minimum atomic E-state index is -1.19. The first-order chi connectivity index (χ1) is 9.02. The van der Waals surface area contributed by atoms with Crippen molar-refractivity contribution in [3.05, 3.63) is 29.8 Å². The number of benzene rings is 1. The zero-order chi connectivity index (χ0) is 14.3. The van der Waals surface area contributed by atoms with Crippen molar-refractivity contribution in [1.29, 1.82) is 0 Å². The molecule has 1 aliphatic rings. The van der Waals surface area contributed by atoms with E-state index in [0.717, 1.165) is 38.0 Å². The van der Waals surface area contributed by atoms with Gasteiger partial charge in [-0.2, -0.15) is 0 Å². The Kier molecular flexibility index (Phi) is 34.7. The molecule has 12 N–H and O–H groups in total. The molecule has 0 spiro atoms. The van der Waals surface area contributed by atoms with Gasteiger partial charge in [0, 0.05) is 37.4 Å². The fraction of sp³-hybridized carbons (Fsp3) is 0.417. The second kappa shape index (κ2) is 21.8. The predicted molar refractivity (Wildman–Crippen MR) is 101 cm³/mol. The Balaban J connectivity index is -0.0000000828. The van der Waals surface area contributed by atoms with Crippen LogP contribution in [0.15, 0.2) is 24.3 Å². The van der Waals surface area contributed by atoms with Crippen LogP contribution >= 0.6 is 30.4 Å². The van der Waals surface area contributed by atoms with Gasteiger partial charge in [0.1, 0.15) is 6.29 Å². The topological polar surface area (TPSA) is 213 Å². The number of nitrogens with zero attached hydrogens (tertiary/aromatic N) is 2. The standard InChI is InChI=1S/C12H16N2O.3ClH.Co.6H2O/c1-13-6-8-14(9-7-13)12-4-2-11(10-15)3-5-12;;;;;;;;;;/h2-5,10H,6-9H2,1H3;3*1H;;6*1H2/q;;;;+3;;;;;;/p-3.